The molecule has 0 spiro atoms. The first-order chi connectivity index (χ1) is 12.0. The summed E-state index contributed by atoms with van der Waals surface area (Å²) >= 11 is 1.19. The van der Waals surface area contributed by atoms with E-state index >= 15 is 0 Å². The summed E-state index contributed by atoms with van der Waals surface area (Å²) in [7, 11) is 1.54. The van der Waals surface area contributed by atoms with Gasteiger partial charge in [0.2, 0.25) is 11.0 Å². The number of fused-ring (bicyclic) bond motifs is 1. The molecular formula is C15H15N5O4S. The molecule has 25 heavy (non-hydrogen) atoms. The van der Waals surface area contributed by atoms with Gasteiger partial charge in [0, 0.05) is 7.11 Å². The fourth-order valence-electron chi connectivity index (χ4n) is 2.29. The van der Waals surface area contributed by atoms with Crippen LogP contribution in [0.5, 0.6) is 5.75 Å². The Bertz CT molecular complexity index is 997. The summed E-state index contributed by atoms with van der Waals surface area (Å²) < 4.78 is 6.19. The summed E-state index contributed by atoms with van der Waals surface area (Å²) in [5.74, 6) is -0.0620. The molecule has 0 fully saturated rings. The topological polar surface area (TPSA) is 119 Å². The van der Waals surface area contributed by atoms with Crippen molar-refractivity contribution in [1.29, 1.82) is 0 Å². The standard InChI is InChI=1S/C15H15N5O4S/c1-8-16-11-4-3-9(21)5-10(11)14(23)20(8)6-12(22)17-15-19-18-13(25-15)7-24-2/h3-5,21H,6-7H2,1-2H3,(H,17,19,22). The number of phenols is 1. The molecule has 0 saturated carbocycles. The Labute approximate surface area is 145 Å². The molecule has 2 aromatic heterocycles. The second kappa shape index (κ2) is 6.95. The van der Waals surface area contributed by atoms with Crippen LogP contribution in [0.15, 0.2) is 23.0 Å². The molecule has 130 valence electrons. The van der Waals surface area contributed by atoms with Gasteiger partial charge < -0.3 is 9.84 Å². The van der Waals surface area contributed by atoms with Gasteiger partial charge in [-0.25, -0.2) is 4.98 Å². The van der Waals surface area contributed by atoms with Gasteiger partial charge in [-0.15, -0.1) is 10.2 Å². The molecule has 0 atom stereocenters. The van der Waals surface area contributed by atoms with Crippen molar-refractivity contribution in [3.63, 3.8) is 0 Å². The molecule has 1 aromatic carbocycles. The smallest absolute Gasteiger partial charge is 0.261 e. The van der Waals surface area contributed by atoms with Crippen molar-refractivity contribution in [2.45, 2.75) is 20.1 Å². The van der Waals surface area contributed by atoms with E-state index in [2.05, 4.69) is 20.5 Å². The van der Waals surface area contributed by atoms with Crippen molar-refractivity contribution in [3.05, 3.63) is 39.4 Å². The number of carbonyl (C=O) groups excluding carboxylic acids is 1. The first kappa shape index (κ1) is 17.0. The van der Waals surface area contributed by atoms with E-state index in [1.807, 2.05) is 0 Å². The zero-order valence-electron chi connectivity index (χ0n) is 13.5. The zero-order chi connectivity index (χ0) is 18.0. The number of benzene rings is 1. The van der Waals surface area contributed by atoms with Gasteiger partial charge in [-0.1, -0.05) is 11.3 Å². The third-order valence-corrected chi connectivity index (χ3v) is 4.22. The van der Waals surface area contributed by atoms with Crippen molar-refractivity contribution in [2.75, 3.05) is 12.4 Å². The van der Waals surface area contributed by atoms with Gasteiger partial charge in [-0.3, -0.25) is 19.5 Å². The molecule has 2 N–H and O–H groups in total. The Kier molecular flexibility index (Phi) is 4.72. The van der Waals surface area contributed by atoms with E-state index in [1.165, 1.54) is 28.0 Å². The van der Waals surface area contributed by atoms with Gasteiger partial charge in [0.15, 0.2) is 0 Å². The second-order valence-corrected chi connectivity index (χ2v) is 6.30. The molecule has 0 aliphatic heterocycles. The number of aryl methyl sites for hydroxylation is 1. The van der Waals surface area contributed by atoms with E-state index in [1.54, 1.807) is 20.1 Å². The lowest BCUT2D eigenvalue weighted by Gasteiger charge is -2.10. The highest BCUT2D eigenvalue weighted by Crippen LogP contribution is 2.17. The SMILES string of the molecule is COCc1nnc(NC(=O)Cn2c(C)nc3ccc(O)cc3c2=O)s1. The summed E-state index contributed by atoms with van der Waals surface area (Å²) in [4.78, 5) is 29.1. The van der Waals surface area contributed by atoms with Crippen LogP contribution in [0.4, 0.5) is 5.13 Å². The highest BCUT2D eigenvalue weighted by Gasteiger charge is 2.14. The van der Waals surface area contributed by atoms with Crippen LogP contribution in [-0.2, 0) is 22.7 Å². The van der Waals surface area contributed by atoms with E-state index in [-0.39, 0.29) is 17.7 Å². The highest BCUT2D eigenvalue weighted by molar-refractivity contribution is 7.15. The molecule has 10 heteroatoms. The van der Waals surface area contributed by atoms with Crippen LogP contribution in [0.1, 0.15) is 10.8 Å². The number of ether oxygens (including phenoxy) is 1. The summed E-state index contributed by atoms with van der Waals surface area (Å²) in [6, 6.07) is 4.35. The molecule has 2 heterocycles. The monoisotopic (exact) mass is 361 g/mol. The first-order valence-corrected chi connectivity index (χ1v) is 8.11. The van der Waals surface area contributed by atoms with Crippen molar-refractivity contribution in [3.8, 4) is 5.75 Å². The molecule has 0 radical (unpaired) electrons. The molecule has 3 aromatic rings. The number of amides is 1. The number of phenolic OH excluding ortho intramolecular Hbond substituents is 1. The summed E-state index contributed by atoms with van der Waals surface area (Å²) in [5.41, 5.74) is 0.0659. The fraction of sp³-hybridized carbons (Fsp3) is 0.267. The van der Waals surface area contributed by atoms with E-state index in [4.69, 9.17) is 4.74 Å². The summed E-state index contributed by atoms with van der Waals surface area (Å²) in [6.07, 6.45) is 0. The van der Waals surface area contributed by atoms with Crippen LogP contribution in [0.25, 0.3) is 10.9 Å². The molecule has 0 saturated heterocycles. The molecule has 3 rings (SSSR count). The lowest BCUT2D eigenvalue weighted by Crippen LogP contribution is -2.30. The van der Waals surface area contributed by atoms with Gasteiger partial charge in [0.05, 0.1) is 10.9 Å². The number of rotatable bonds is 5. The van der Waals surface area contributed by atoms with E-state index < -0.39 is 11.5 Å². The maximum atomic E-state index is 12.6. The Morgan fingerprint density at radius 2 is 2.20 bits per heavy atom. The van der Waals surface area contributed by atoms with Crippen molar-refractivity contribution in [2.24, 2.45) is 0 Å². The number of methoxy groups -OCH3 is 1. The average Bonchev–Trinajstić information content (AvgIpc) is 3.00. The number of aromatic nitrogens is 4. The molecule has 0 aliphatic carbocycles. The number of nitrogens with one attached hydrogen (secondary N) is 1. The number of aromatic hydroxyl groups is 1. The number of nitrogens with zero attached hydrogens (tertiary/aromatic N) is 4. The maximum Gasteiger partial charge on any atom is 0.261 e. The van der Waals surface area contributed by atoms with Gasteiger partial charge in [-0.2, -0.15) is 0 Å². The number of hydrogen-bond donors (Lipinski definition) is 2. The lowest BCUT2D eigenvalue weighted by atomic mass is 10.2. The summed E-state index contributed by atoms with van der Waals surface area (Å²) in [6.45, 7) is 1.73. The fourth-order valence-corrected chi connectivity index (χ4v) is 3.02. The average molecular weight is 361 g/mol. The van der Waals surface area contributed by atoms with E-state index in [0.717, 1.165) is 0 Å². The van der Waals surface area contributed by atoms with Crippen LogP contribution in [0.2, 0.25) is 0 Å². The predicted molar refractivity (Wildman–Crippen MR) is 91.7 cm³/mol. The van der Waals surface area contributed by atoms with Crippen molar-refractivity contribution < 1.29 is 14.6 Å². The molecule has 0 aliphatic rings. The van der Waals surface area contributed by atoms with Crippen LogP contribution < -0.4 is 10.9 Å². The third-order valence-electron chi connectivity index (χ3n) is 3.41. The van der Waals surface area contributed by atoms with Crippen LogP contribution in [0.3, 0.4) is 0 Å². The Hall–Kier alpha value is -2.85. The minimum absolute atomic E-state index is 0.0363. The third kappa shape index (κ3) is 3.64. The minimum Gasteiger partial charge on any atom is -0.508 e. The molecule has 0 bridgehead atoms. The van der Waals surface area contributed by atoms with E-state index in [0.29, 0.717) is 28.1 Å². The van der Waals surface area contributed by atoms with Gasteiger partial charge >= 0.3 is 0 Å². The Morgan fingerprint density at radius 3 is 2.96 bits per heavy atom. The Morgan fingerprint density at radius 1 is 1.40 bits per heavy atom. The number of carbonyl (C=O) groups is 1. The number of hydrogen-bond acceptors (Lipinski definition) is 8. The van der Waals surface area contributed by atoms with Gasteiger partial charge in [-0.05, 0) is 25.1 Å². The van der Waals surface area contributed by atoms with Gasteiger partial charge in [0.25, 0.3) is 5.56 Å². The highest BCUT2D eigenvalue weighted by atomic mass is 32.1. The quantitative estimate of drug-likeness (QED) is 0.697. The molecule has 9 nitrogen and oxygen atoms in total. The molecule has 0 unspecified atom stereocenters. The largest absolute Gasteiger partial charge is 0.508 e. The Balaban J connectivity index is 1.84. The zero-order valence-corrected chi connectivity index (χ0v) is 14.3. The summed E-state index contributed by atoms with van der Waals surface area (Å²) in [5, 5.41) is 21.1. The molecule has 1 amide bonds. The lowest BCUT2D eigenvalue weighted by molar-refractivity contribution is -0.116. The van der Waals surface area contributed by atoms with Crippen molar-refractivity contribution >= 4 is 33.3 Å². The van der Waals surface area contributed by atoms with E-state index in [9.17, 15) is 14.7 Å². The van der Waals surface area contributed by atoms with Gasteiger partial charge in [0.1, 0.15) is 29.7 Å². The molecular weight excluding hydrogens is 346 g/mol. The predicted octanol–water partition coefficient (Wildman–Crippen LogP) is 1.05. The minimum atomic E-state index is -0.424. The maximum absolute atomic E-state index is 12.6. The van der Waals surface area contributed by atoms with Crippen molar-refractivity contribution in [1.82, 2.24) is 19.7 Å². The van der Waals surface area contributed by atoms with Crippen LogP contribution >= 0.6 is 11.3 Å². The van der Waals surface area contributed by atoms with Crippen LogP contribution in [0, 0.1) is 6.92 Å². The van der Waals surface area contributed by atoms with Crippen LogP contribution in [-0.4, -0.2) is 37.9 Å². The first-order valence-electron chi connectivity index (χ1n) is 7.29. The number of anilines is 1. The second-order valence-electron chi connectivity index (χ2n) is 5.23. The normalized spacial score (nSPS) is 11.0.